The molecule has 16 heteroatoms. The molecule has 0 aliphatic carbocycles. The van der Waals surface area contributed by atoms with Gasteiger partial charge in [0.05, 0.1) is 125 Å². The second-order valence-electron chi connectivity index (χ2n) is 34.7. The van der Waals surface area contributed by atoms with E-state index in [1.54, 1.807) is 72.8 Å². The molecule has 20 aromatic carbocycles. The maximum atomic E-state index is 9.98. The molecule has 0 fully saturated rings. The third kappa shape index (κ3) is 15.5. The van der Waals surface area contributed by atoms with Crippen LogP contribution in [0, 0.1) is 101 Å². The number of hydrogen-bond acceptors (Lipinski definition) is 7. The van der Waals surface area contributed by atoms with Gasteiger partial charge in [-0.25, -0.2) is 24.2 Å². The lowest BCUT2D eigenvalue weighted by Crippen LogP contribution is -1.93. The molecular formula is C131H71N15O. The Kier molecular flexibility index (Phi) is 23.6. The molecule has 0 bridgehead atoms. The lowest BCUT2D eigenvalue weighted by atomic mass is 9.91. The average Bonchev–Trinajstić information content (AvgIpc) is 1.53. The quantitative estimate of drug-likeness (QED) is 0.115. The largest absolute Gasteiger partial charge is 0.456 e. The lowest BCUT2D eigenvalue weighted by molar-refractivity contribution is 0.669. The van der Waals surface area contributed by atoms with Gasteiger partial charge in [0.15, 0.2) is 28.4 Å². The molecule has 0 aliphatic rings. The normalized spacial score (nSPS) is 10.8. The monoisotopic (exact) mass is 1870 g/mol. The van der Waals surface area contributed by atoms with Gasteiger partial charge in [-0.1, -0.05) is 279 Å². The molecule has 0 saturated carbocycles. The summed E-state index contributed by atoms with van der Waals surface area (Å²) in [5.41, 5.74) is 30.7. The molecule has 16 nitrogen and oxygen atoms in total. The van der Waals surface area contributed by atoms with Gasteiger partial charge >= 0.3 is 0 Å². The van der Waals surface area contributed by atoms with Crippen LogP contribution in [0.4, 0.5) is 28.4 Å². The SMILES string of the molecule is [C-]#[N+]c1cccc(C#N)c1-c1cccc2c1c1c(-c3ccccc3C#N)cccc1n2-c1ccccc1.[C-]#[N+]c1cccc(C#N)c1-c1cccc2c1c1cc(-c3ccccc3C#N)ccc1n2-c1ccccc1.[C-]#[N+]c1cccc(C#N)c1-c1cccc2c1c1ccccc1n2-c1ccc2oc3ccccc3c2c1.[C-]#[N+]c1ccccc1-c1ccc2c3c(-c4c(C#N)cccc4[N+]#[C-])cccc3n(-c3ccccc3)c2c1. The zero-order valence-electron chi connectivity index (χ0n) is 78.1. The molecule has 25 rings (SSSR count). The minimum atomic E-state index is 0.432. The molecule has 676 valence electrons. The van der Waals surface area contributed by atoms with E-state index in [9.17, 15) is 31.6 Å². The van der Waals surface area contributed by atoms with Crippen LogP contribution in [0.25, 0.3) is 234 Å². The molecule has 25 aromatic rings. The van der Waals surface area contributed by atoms with Gasteiger partial charge in [0.25, 0.3) is 0 Å². The predicted molar refractivity (Wildman–Crippen MR) is 588 cm³/mol. The molecule has 0 N–H and O–H groups in total. The van der Waals surface area contributed by atoms with E-state index in [1.165, 1.54) is 0 Å². The molecule has 0 atom stereocenters. The lowest BCUT2D eigenvalue weighted by Gasteiger charge is -2.11. The molecule has 147 heavy (non-hydrogen) atoms. The Bertz CT molecular complexity index is 10100. The van der Waals surface area contributed by atoms with Crippen molar-refractivity contribution in [2.24, 2.45) is 0 Å². The van der Waals surface area contributed by atoms with Crippen LogP contribution >= 0.6 is 0 Å². The van der Waals surface area contributed by atoms with Crippen molar-refractivity contribution >= 4 is 138 Å². The van der Waals surface area contributed by atoms with Crippen molar-refractivity contribution in [2.45, 2.75) is 0 Å². The Morgan fingerprint density at radius 3 is 0.973 bits per heavy atom. The van der Waals surface area contributed by atoms with Gasteiger partial charge in [0, 0.05) is 127 Å². The molecule has 5 heterocycles. The maximum Gasteiger partial charge on any atom is 0.196 e. The summed E-state index contributed by atoms with van der Waals surface area (Å²) in [6.45, 7) is 38.7. The van der Waals surface area contributed by atoms with Gasteiger partial charge < -0.3 is 22.7 Å². The van der Waals surface area contributed by atoms with Crippen LogP contribution in [0.5, 0.6) is 0 Å². The fraction of sp³-hybridized carbons (Fsp3) is 0. The number of hydrogen-bond donors (Lipinski definition) is 0. The van der Waals surface area contributed by atoms with Crippen LogP contribution in [0.15, 0.2) is 435 Å². The highest BCUT2D eigenvalue weighted by molar-refractivity contribution is 6.24. The second-order valence-corrected chi connectivity index (χ2v) is 34.7. The van der Waals surface area contributed by atoms with Crippen molar-refractivity contribution in [3.8, 4) is 137 Å². The van der Waals surface area contributed by atoms with Crippen molar-refractivity contribution in [3.63, 3.8) is 0 Å². The number of nitrogens with zero attached hydrogens (tertiary/aromatic N) is 15. The van der Waals surface area contributed by atoms with Crippen molar-refractivity contribution in [3.05, 3.63) is 521 Å². The first kappa shape index (κ1) is 90.0. The van der Waals surface area contributed by atoms with Crippen LogP contribution in [0.2, 0.25) is 0 Å². The Balaban J connectivity index is 0.000000111. The summed E-state index contributed by atoms with van der Waals surface area (Å²) in [4.78, 5) is 18.7. The average molecular weight is 1870 g/mol. The summed E-state index contributed by atoms with van der Waals surface area (Å²) in [6, 6.07) is 154. The Morgan fingerprint density at radius 1 is 0.184 bits per heavy atom. The van der Waals surface area contributed by atoms with Gasteiger partial charge in [-0.15, -0.1) is 0 Å². The molecule has 0 saturated heterocycles. The van der Waals surface area contributed by atoms with Crippen molar-refractivity contribution in [1.29, 1.82) is 31.6 Å². The fourth-order valence-electron chi connectivity index (χ4n) is 20.9. The highest BCUT2D eigenvalue weighted by Crippen LogP contribution is 2.52. The van der Waals surface area contributed by atoms with Gasteiger partial charge in [-0.2, -0.15) is 31.6 Å². The maximum absolute atomic E-state index is 9.98. The summed E-state index contributed by atoms with van der Waals surface area (Å²) in [5.74, 6) is 0. The van der Waals surface area contributed by atoms with Crippen molar-refractivity contribution in [2.75, 3.05) is 0 Å². The number of fused-ring (bicyclic) bond motifs is 15. The minimum absolute atomic E-state index is 0.432. The van der Waals surface area contributed by atoms with Crippen molar-refractivity contribution < 1.29 is 4.42 Å². The van der Waals surface area contributed by atoms with Crippen LogP contribution in [-0.4, -0.2) is 18.3 Å². The number of para-hydroxylation sites is 6. The number of furan rings is 1. The van der Waals surface area contributed by atoms with E-state index < -0.39 is 0 Å². The molecule has 0 radical (unpaired) electrons. The predicted octanol–water partition coefficient (Wildman–Crippen LogP) is 34.7. The van der Waals surface area contributed by atoms with E-state index in [1.807, 2.05) is 237 Å². The Labute approximate surface area is 844 Å². The summed E-state index contributed by atoms with van der Waals surface area (Å²) < 4.78 is 14.9. The van der Waals surface area contributed by atoms with Gasteiger partial charge in [-0.05, 0) is 202 Å². The number of benzene rings is 20. The molecule has 5 aromatic heterocycles. The topological polar surface area (TPSA) is 197 Å². The van der Waals surface area contributed by atoms with Crippen LogP contribution < -0.4 is 0 Å². The fourth-order valence-corrected chi connectivity index (χ4v) is 20.9. The number of nitriles is 6. The number of aromatic nitrogens is 4. The second kappa shape index (κ2) is 38.6. The van der Waals surface area contributed by atoms with E-state index in [2.05, 4.69) is 200 Å². The Morgan fingerprint density at radius 2 is 0.490 bits per heavy atom. The number of rotatable bonds is 11. The highest BCUT2D eigenvalue weighted by atomic mass is 16.3. The molecule has 0 amide bonds. The minimum Gasteiger partial charge on any atom is -0.456 e. The smallest absolute Gasteiger partial charge is 0.196 e. The van der Waals surface area contributed by atoms with Crippen LogP contribution in [0.3, 0.4) is 0 Å². The first-order valence-electron chi connectivity index (χ1n) is 46.9. The summed E-state index contributed by atoms with van der Waals surface area (Å²) in [6.07, 6.45) is 0. The molecular weight excluding hydrogens is 1800 g/mol. The third-order valence-corrected chi connectivity index (χ3v) is 27.0. The summed E-state index contributed by atoms with van der Waals surface area (Å²) in [5, 5.41) is 69.4. The van der Waals surface area contributed by atoms with Gasteiger partial charge in [-0.3, -0.25) is 0 Å². The van der Waals surface area contributed by atoms with E-state index in [0.717, 1.165) is 188 Å². The van der Waals surface area contributed by atoms with Gasteiger partial charge in [0.1, 0.15) is 11.2 Å². The third-order valence-electron chi connectivity index (χ3n) is 27.0. The summed E-state index contributed by atoms with van der Waals surface area (Å²) >= 11 is 0. The van der Waals surface area contributed by atoms with Crippen LogP contribution in [0.1, 0.15) is 33.4 Å². The molecule has 0 unspecified atom stereocenters. The summed E-state index contributed by atoms with van der Waals surface area (Å²) in [7, 11) is 0. The first-order valence-corrected chi connectivity index (χ1v) is 46.9. The zero-order valence-corrected chi connectivity index (χ0v) is 78.1. The molecule has 0 spiro atoms. The zero-order chi connectivity index (χ0) is 100. The van der Waals surface area contributed by atoms with Crippen LogP contribution in [-0.2, 0) is 0 Å². The molecule has 0 aliphatic heterocycles. The van der Waals surface area contributed by atoms with E-state index in [0.29, 0.717) is 84.1 Å². The standard InChI is InChI=1S/3C33H18N4.C32H17N3O/c1-35-28-15-7-6-13-25(28)22-18-19-26-31(20-22)37(24-11-4-3-5-12-24)30-17-9-14-27(33(26)30)32-23(21-34)10-8-16-29(32)36-2;1-36-28-17-7-11-23(21-35)31(28)27-16-9-19-30-33(27)32-26(25-14-6-5-10-22(25)20-34)15-8-18-29(32)37(30)24-12-3-2-4-13-24;1-36-29-15-7-10-24(21-35)32(29)27-14-8-16-31-33(27)28-19-22(26-13-6-5-9-23(26)20-34)17-18-30(28)37(31)25-11-3-2-4-12-25;1-34-26-12-6-8-20(19-33)31(26)24-11-7-14-28-32(24)23-10-2-4-13-27(23)35(28)21-16-17-30-25(18-21)22-9-3-5-15-29(22)36-30/h3-20H;2*2-19H;2-18H. The van der Waals surface area contributed by atoms with E-state index in [4.69, 9.17) is 37.3 Å². The Hall–Kier alpha value is -22.2. The van der Waals surface area contributed by atoms with E-state index in [-0.39, 0.29) is 0 Å². The van der Waals surface area contributed by atoms with Gasteiger partial charge in [0.2, 0.25) is 0 Å². The van der Waals surface area contributed by atoms with Crippen molar-refractivity contribution in [1.82, 2.24) is 18.3 Å². The van der Waals surface area contributed by atoms with E-state index >= 15 is 0 Å². The first-order chi connectivity index (χ1) is 72.5. The highest BCUT2D eigenvalue weighted by Gasteiger charge is 2.29.